The van der Waals surface area contributed by atoms with Crippen LogP contribution in [0.3, 0.4) is 0 Å². The van der Waals surface area contributed by atoms with Crippen LogP contribution in [0.1, 0.15) is 31.9 Å². The number of amides is 1. The van der Waals surface area contributed by atoms with Crippen LogP contribution >= 0.6 is 0 Å². The summed E-state index contributed by atoms with van der Waals surface area (Å²) in [4.78, 5) is 10.9. The number of hydrogen-bond donors (Lipinski definition) is 2. The number of rotatable bonds is 6. The summed E-state index contributed by atoms with van der Waals surface area (Å²) in [5.74, 6) is 0.573. The highest BCUT2D eigenvalue weighted by molar-refractivity contribution is 5.84. The molecule has 112 valence electrons. The smallest absolute Gasteiger partial charge is 0.218 e. The molecule has 1 amide bonds. The van der Waals surface area contributed by atoms with Gasteiger partial charge in [-0.2, -0.15) is 0 Å². The molecule has 2 rings (SSSR count). The van der Waals surface area contributed by atoms with Crippen molar-refractivity contribution >= 4 is 16.7 Å². The first-order valence-corrected chi connectivity index (χ1v) is 7.11. The summed E-state index contributed by atoms with van der Waals surface area (Å²) >= 11 is 0. The first-order chi connectivity index (χ1) is 9.99. The molecule has 0 aliphatic rings. The summed E-state index contributed by atoms with van der Waals surface area (Å²) in [6.07, 6.45) is 0.342. The average molecular weight is 286 g/mol. The van der Waals surface area contributed by atoms with E-state index < -0.39 is 0 Å². The van der Waals surface area contributed by atoms with Crippen LogP contribution in [0.15, 0.2) is 36.4 Å². The number of hydrogen-bond acceptors (Lipinski definition) is 3. The van der Waals surface area contributed by atoms with Gasteiger partial charge in [-0.15, -0.1) is 0 Å². The highest BCUT2D eigenvalue weighted by atomic mass is 16.5. The van der Waals surface area contributed by atoms with Crippen molar-refractivity contribution in [3.05, 3.63) is 42.0 Å². The lowest BCUT2D eigenvalue weighted by molar-refractivity contribution is -0.118. The molecule has 0 saturated carbocycles. The lowest BCUT2D eigenvalue weighted by atomic mass is 10.0. The molecule has 2 unspecified atom stereocenters. The van der Waals surface area contributed by atoms with Gasteiger partial charge >= 0.3 is 0 Å². The van der Waals surface area contributed by atoms with Gasteiger partial charge in [-0.3, -0.25) is 4.79 Å². The second-order valence-corrected chi connectivity index (χ2v) is 5.43. The Kier molecular flexibility index (Phi) is 4.81. The number of nitrogens with one attached hydrogen (secondary N) is 1. The fourth-order valence-electron chi connectivity index (χ4n) is 2.52. The van der Waals surface area contributed by atoms with Crippen molar-refractivity contribution in [1.29, 1.82) is 0 Å². The van der Waals surface area contributed by atoms with E-state index in [4.69, 9.17) is 10.5 Å². The Hall–Kier alpha value is -2.07. The highest BCUT2D eigenvalue weighted by Crippen LogP contribution is 2.24. The zero-order valence-corrected chi connectivity index (χ0v) is 12.7. The Morgan fingerprint density at radius 3 is 2.52 bits per heavy atom. The van der Waals surface area contributed by atoms with E-state index in [2.05, 4.69) is 36.5 Å². The Morgan fingerprint density at radius 1 is 1.19 bits per heavy atom. The molecule has 4 heteroatoms. The van der Waals surface area contributed by atoms with Crippen molar-refractivity contribution < 1.29 is 9.53 Å². The molecule has 2 aromatic rings. The van der Waals surface area contributed by atoms with E-state index >= 15 is 0 Å². The molecule has 3 N–H and O–H groups in total. The Labute approximate surface area is 125 Å². The average Bonchev–Trinajstić information content (AvgIpc) is 2.45. The minimum absolute atomic E-state index is 0.0593. The summed E-state index contributed by atoms with van der Waals surface area (Å²) in [5.41, 5.74) is 6.40. The number of primary amides is 1. The highest BCUT2D eigenvalue weighted by Gasteiger charge is 2.12. The third-order valence-corrected chi connectivity index (χ3v) is 3.61. The number of methoxy groups -OCH3 is 1. The summed E-state index contributed by atoms with van der Waals surface area (Å²) in [6, 6.07) is 12.6. The van der Waals surface area contributed by atoms with E-state index in [1.165, 1.54) is 10.9 Å². The molecular formula is C17H22N2O2. The number of ether oxygens (including phenoxy) is 1. The molecule has 21 heavy (non-hydrogen) atoms. The molecule has 0 saturated heterocycles. The normalized spacial score (nSPS) is 13.9. The van der Waals surface area contributed by atoms with Crippen LogP contribution in [0.5, 0.6) is 5.75 Å². The second-order valence-electron chi connectivity index (χ2n) is 5.43. The van der Waals surface area contributed by atoms with Crippen molar-refractivity contribution in [2.24, 2.45) is 5.73 Å². The van der Waals surface area contributed by atoms with Crippen LogP contribution in [0, 0.1) is 0 Å². The summed E-state index contributed by atoms with van der Waals surface area (Å²) in [5, 5.41) is 5.71. The van der Waals surface area contributed by atoms with Crippen LogP contribution in [0.2, 0.25) is 0 Å². The fourth-order valence-corrected chi connectivity index (χ4v) is 2.52. The van der Waals surface area contributed by atoms with Crippen LogP contribution in [-0.4, -0.2) is 19.1 Å². The van der Waals surface area contributed by atoms with Gasteiger partial charge in [0.05, 0.1) is 7.11 Å². The van der Waals surface area contributed by atoms with E-state index in [-0.39, 0.29) is 18.0 Å². The minimum atomic E-state index is -0.284. The Balaban J connectivity index is 2.16. The first kappa shape index (κ1) is 15.3. The molecule has 2 aromatic carbocycles. The van der Waals surface area contributed by atoms with Crippen molar-refractivity contribution in [3.8, 4) is 5.75 Å². The van der Waals surface area contributed by atoms with Gasteiger partial charge < -0.3 is 15.8 Å². The zero-order chi connectivity index (χ0) is 15.4. The largest absolute Gasteiger partial charge is 0.497 e. The first-order valence-electron chi connectivity index (χ1n) is 7.11. The van der Waals surface area contributed by atoms with Crippen molar-refractivity contribution in [1.82, 2.24) is 5.32 Å². The van der Waals surface area contributed by atoms with E-state index in [1.807, 2.05) is 19.1 Å². The second kappa shape index (κ2) is 6.59. The Morgan fingerprint density at radius 2 is 1.86 bits per heavy atom. The lowest BCUT2D eigenvalue weighted by Gasteiger charge is -2.20. The van der Waals surface area contributed by atoms with Gasteiger partial charge in [-0.25, -0.2) is 0 Å². The molecule has 0 heterocycles. The Bertz CT molecular complexity index is 640. The summed E-state index contributed by atoms with van der Waals surface area (Å²) in [7, 11) is 1.67. The standard InChI is InChI=1S/C17H22N2O2/c1-11(8-17(18)20)19-12(2)13-4-5-15-10-16(21-3)7-6-14(15)9-13/h4-7,9-12,19H,8H2,1-3H3,(H2,18,20). The molecule has 0 aliphatic heterocycles. The monoisotopic (exact) mass is 286 g/mol. The maximum Gasteiger partial charge on any atom is 0.218 e. The summed E-state index contributed by atoms with van der Waals surface area (Å²) in [6.45, 7) is 4.05. The van der Waals surface area contributed by atoms with E-state index in [0.717, 1.165) is 11.1 Å². The van der Waals surface area contributed by atoms with Crippen LogP contribution < -0.4 is 15.8 Å². The van der Waals surface area contributed by atoms with E-state index in [1.54, 1.807) is 7.11 Å². The third kappa shape index (κ3) is 3.95. The van der Waals surface area contributed by atoms with Gasteiger partial charge in [0.1, 0.15) is 5.75 Å². The molecule has 0 spiro atoms. The van der Waals surface area contributed by atoms with Crippen LogP contribution in [0.4, 0.5) is 0 Å². The number of fused-ring (bicyclic) bond motifs is 1. The topological polar surface area (TPSA) is 64.3 Å². The van der Waals surface area contributed by atoms with E-state index in [0.29, 0.717) is 6.42 Å². The predicted octanol–water partition coefficient (Wildman–Crippen LogP) is 2.76. The lowest BCUT2D eigenvalue weighted by Crippen LogP contribution is -2.32. The SMILES string of the molecule is COc1ccc2cc(C(C)NC(C)CC(N)=O)ccc2c1. The molecule has 0 bridgehead atoms. The van der Waals surface area contributed by atoms with Gasteiger partial charge in [0.2, 0.25) is 5.91 Å². The van der Waals surface area contributed by atoms with Gasteiger partial charge in [-0.1, -0.05) is 18.2 Å². The molecule has 4 nitrogen and oxygen atoms in total. The number of benzene rings is 2. The van der Waals surface area contributed by atoms with E-state index in [9.17, 15) is 4.79 Å². The maximum atomic E-state index is 10.9. The predicted molar refractivity (Wildman–Crippen MR) is 85.3 cm³/mol. The minimum Gasteiger partial charge on any atom is -0.497 e. The molecule has 2 atom stereocenters. The molecular weight excluding hydrogens is 264 g/mol. The van der Waals surface area contributed by atoms with Gasteiger partial charge in [0, 0.05) is 18.5 Å². The molecule has 0 radical (unpaired) electrons. The summed E-state index contributed by atoms with van der Waals surface area (Å²) < 4.78 is 5.23. The third-order valence-electron chi connectivity index (χ3n) is 3.61. The van der Waals surface area contributed by atoms with Crippen molar-refractivity contribution in [3.63, 3.8) is 0 Å². The maximum absolute atomic E-state index is 10.9. The van der Waals surface area contributed by atoms with Crippen molar-refractivity contribution in [2.75, 3.05) is 7.11 Å². The van der Waals surface area contributed by atoms with Gasteiger partial charge in [0.25, 0.3) is 0 Å². The molecule has 0 aromatic heterocycles. The molecule has 0 aliphatic carbocycles. The van der Waals surface area contributed by atoms with Crippen LogP contribution in [-0.2, 0) is 4.79 Å². The number of carbonyl (C=O) groups is 1. The van der Waals surface area contributed by atoms with Crippen molar-refractivity contribution in [2.45, 2.75) is 32.4 Å². The fraction of sp³-hybridized carbons (Fsp3) is 0.353. The van der Waals surface area contributed by atoms with Gasteiger partial charge in [-0.05, 0) is 48.4 Å². The van der Waals surface area contributed by atoms with Gasteiger partial charge in [0.15, 0.2) is 0 Å². The molecule has 0 fully saturated rings. The van der Waals surface area contributed by atoms with Crippen LogP contribution in [0.25, 0.3) is 10.8 Å². The zero-order valence-electron chi connectivity index (χ0n) is 12.7. The number of nitrogens with two attached hydrogens (primary N) is 1. The quantitative estimate of drug-likeness (QED) is 0.858. The number of carbonyl (C=O) groups excluding carboxylic acids is 1.